The van der Waals surface area contributed by atoms with Crippen molar-refractivity contribution in [2.24, 2.45) is 0 Å². The van der Waals surface area contributed by atoms with E-state index in [0.29, 0.717) is 18.0 Å². The molecule has 0 aliphatic carbocycles. The first-order valence-corrected chi connectivity index (χ1v) is 8.32. The maximum atomic E-state index is 12.5. The quantitative estimate of drug-likeness (QED) is 0.738. The molecule has 0 amide bonds. The molecule has 2 atom stereocenters. The molecule has 1 heterocycles. The summed E-state index contributed by atoms with van der Waals surface area (Å²) in [5, 5.41) is 0. The van der Waals surface area contributed by atoms with Crippen molar-refractivity contribution in [3.63, 3.8) is 0 Å². The van der Waals surface area contributed by atoms with Gasteiger partial charge in [0.05, 0.1) is 17.1 Å². The van der Waals surface area contributed by atoms with Crippen LogP contribution in [0.5, 0.6) is 0 Å². The number of hydrogen-bond donors (Lipinski definition) is 0. The van der Waals surface area contributed by atoms with Crippen molar-refractivity contribution >= 4 is 32.6 Å². The normalized spacial score (nSPS) is 26.2. The molecule has 0 spiro atoms. The average Bonchev–Trinajstić information content (AvgIpc) is 2.28. The average molecular weight is 381 g/mol. The van der Waals surface area contributed by atoms with Gasteiger partial charge in [0.2, 0.25) is 10.0 Å². The maximum absolute atomic E-state index is 12.5. The van der Waals surface area contributed by atoms with Gasteiger partial charge in [-0.05, 0) is 60.7 Å². The van der Waals surface area contributed by atoms with Crippen LogP contribution in [0.4, 0.5) is 0 Å². The van der Waals surface area contributed by atoms with Gasteiger partial charge in [-0.1, -0.05) is 0 Å². The van der Waals surface area contributed by atoms with Crippen molar-refractivity contribution in [2.75, 3.05) is 13.1 Å². The number of ether oxygens (including phenoxy) is 1. The Morgan fingerprint density at radius 2 is 1.67 bits per heavy atom. The smallest absolute Gasteiger partial charge is 0.243 e. The molecule has 1 aliphatic heterocycles. The lowest BCUT2D eigenvalue weighted by molar-refractivity contribution is -0.0440. The summed E-state index contributed by atoms with van der Waals surface area (Å²) in [4.78, 5) is 0.351. The highest BCUT2D eigenvalue weighted by molar-refractivity contribution is 14.1. The molecule has 2 rings (SSSR count). The second kappa shape index (κ2) is 5.44. The summed E-state index contributed by atoms with van der Waals surface area (Å²) in [7, 11) is -3.39. The minimum atomic E-state index is -3.39. The van der Waals surface area contributed by atoms with Gasteiger partial charge < -0.3 is 4.74 Å². The zero-order valence-corrected chi connectivity index (χ0v) is 13.3. The van der Waals surface area contributed by atoms with Crippen molar-refractivity contribution < 1.29 is 13.2 Å². The van der Waals surface area contributed by atoms with Crippen molar-refractivity contribution in [2.45, 2.75) is 31.0 Å². The predicted octanol–water partition coefficient (Wildman–Crippen LogP) is 2.09. The van der Waals surface area contributed by atoms with Crippen LogP contribution in [-0.2, 0) is 14.8 Å². The summed E-state index contributed by atoms with van der Waals surface area (Å²) in [6.07, 6.45) is -0.125. The first-order chi connectivity index (χ1) is 8.39. The van der Waals surface area contributed by atoms with Crippen LogP contribution in [0.15, 0.2) is 29.2 Å². The monoisotopic (exact) mass is 381 g/mol. The molecular formula is C12H16INO3S. The van der Waals surface area contributed by atoms with Crippen LogP contribution in [0.2, 0.25) is 0 Å². The van der Waals surface area contributed by atoms with Crippen molar-refractivity contribution in [1.82, 2.24) is 4.31 Å². The summed E-state index contributed by atoms with van der Waals surface area (Å²) in [5.41, 5.74) is 0. The number of hydrogen-bond acceptors (Lipinski definition) is 3. The highest BCUT2D eigenvalue weighted by Gasteiger charge is 2.31. The SMILES string of the molecule is C[C@@H]1CN(S(=O)(=O)c2ccc(I)cc2)C[C@@H](C)O1. The highest BCUT2D eigenvalue weighted by Crippen LogP contribution is 2.21. The van der Waals surface area contributed by atoms with E-state index in [1.54, 1.807) is 24.3 Å². The van der Waals surface area contributed by atoms with Gasteiger partial charge in [-0.15, -0.1) is 0 Å². The van der Waals surface area contributed by atoms with Crippen LogP contribution in [0.3, 0.4) is 0 Å². The Bertz CT molecular complexity index is 505. The number of halogens is 1. The van der Waals surface area contributed by atoms with E-state index in [1.165, 1.54) is 4.31 Å². The van der Waals surface area contributed by atoms with Gasteiger partial charge >= 0.3 is 0 Å². The minimum absolute atomic E-state index is 0.0626. The molecule has 1 aliphatic rings. The van der Waals surface area contributed by atoms with E-state index >= 15 is 0 Å². The van der Waals surface area contributed by atoms with Crippen LogP contribution in [-0.4, -0.2) is 38.0 Å². The number of rotatable bonds is 2. The van der Waals surface area contributed by atoms with E-state index in [0.717, 1.165) is 3.57 Å². The van der Waals surface area contributed by atoms with Gasteiger partial charge in [0.15, 0.2) is 0 Å². The van der Waals surface area contributed by atoms with E-state index in [-0.39, 0.29) is 12.2 Å². The lowest BCUT2D eigenvalue weighted by Gasteiger charge is -2.34. The standard InChI is InChI=1S/C12H16INO3S/c1-9-7-14(8-10(2)17-9)18(15,16)12-5-3-11(13)4-6-12/h3-6,9-10H,7-8H2,1-2H3/t9-,10-/m1/s1. The molecular weight excluding hydrogens is 365 g/mol. The van der Waals surface area contributed by atoms with Crippen LogP contribution in [0, 0.1) is 3.57 Å². The number of sulfonamides is 1. The maximum Gasteiger partial charge on any atom is 0.243 e. The Hall–Kier alpha value is -0.180. The Morgan fingerprint density at radius 1 is 1.17 bits per heavy atom. The molecule has 1 saturated heterocycles. The van der Waals surface area contributed by atoms with Crippen LogP contribution in [0.1, 0.15) is 13.8 Å². The first-order valence-electron chi connectivity index (χ1n) is 5.81. The van der Waals surface area contributed by atoms with Crippen molar-refractivity contribution in [1.29, 1.82) is 0 Å². The third-order valence-corrected chi connectivity index (χ3v) is 5.40. The van der Waals surface area contributed by atoms with Gasteiger partial charge in [0, 0.05) is 16.7 Å². The Balaban J connectivity index is 2.28. The first kappa shape index (κ1) is 14.2. The molecule has 18 heavy (non-hydrogen) atoms. The van der Waals surface area contributed by atoms with E-state index in [9.17, 15) is 8.42 Å². The topological polar surface area (TPSA) is 46.6 Å². The fraction of sp³-hybridized carbons (Fsp3) is 0.500. The van der Waals surface area contributed by atoms with E-state index in [1.807, 2.05) is 13.8 Å². The number of benzene rings is 1. The summed E-state index contributed by atoms with van der Waals surface area (Å²) >= 11 is 2.16. The van der Waals surface area contributed by atoms with Gasteiger partial charge in [-0.25, -0.2) is 8.42 Å². The second-order valence-electron chi connectivity index (χ2n) is 4.53. The summed E-state index contributed by atoms with van der Waals surface area (Å²) in [5.74, 6) is 0. The highest BCUT2D eigenvalue weighted by atomic mass is 127. The molecule has 0 aromatic heterocycles. The zero-order chi connectivity index (χ0) is 13.3. The molecule has 1 aromatic rings. The van der Waals surface area contributed by atoms with Gasteiger partial charge in [-0.3, -0.25) is 0 Å². The number of morpholine rings is 1. The second-order valence-corrected chi connectivity index (χ2v) is 7.72. The van der Waals surface area contributed by atoms with Gasteiger partial charge in [-0.2, -0.15) is 4.31 Å². The van der Waals surface area contributed by atoms with Crippen molar-refractivity contribution in [3.8, 4) is 0 Å². The lowest BCUT2D eigenvalue weighted by atomic mass is 10.3. The molecule has 4 nitrogen and oxygen atoms in total. The molecule has 100 valence electrons. The van der Waals surface area contributed by atoms with Crippen LogP contribution < -0.4 is 0 Å². The predicted molar refractivity (Wildman–Crippen MR) is 77.9 cm³/mol. The lowest BCUT2D eigenvalue weighted by Crippen LogP contribution is -2.48. The molecule has 0 bridgehead atoms. The Kier molecular flexibility index (Phi) is 4.30. The summed E-state index contributed by atoms with van der Waals surface area (Å²) in [6.45, 7) is 4.62. The molecule has 1 fully saturated rings. The molecule has 6 heteroatoms. The van der Waals surface area contributed by atoms with Crippen LogP contribution >= 0.6 is 22.6 Å². The van der Waals surface area contributed by atoms with E-state index < -0.39 is 10.0 Å². The third-order valence-electron chi connectivity index (χ3n) is 2.84. The van der Waals surface area contributed by atoms with E-state index in [4.69, 9.17) is 4.74 Å². The fourth-order valence-corrected chi connectivity index (χ4v) is 4.03. The number of nitrogens with zero attached hydrogens (tertiary/aromatic N) is 1. The summed E-state index contributed by atoms with van der Waals surface area (Å²) in [6, 6.07) is 6.92. The molecule has 1 aromatic carbocycles. The molecule has 0 saturated carbocycles. The Morgan fingerprint density at radius 3 is 2.17 bits per heavy atom. The molecule has 0 radical (unpaired) electrons. The van der Waals surface area contributed by atoms with Crippen LogP contribution in [0.25, 0.3) is 0 Å². The summed E-state index contributed by atoms with van der Waals surface area (Å²) < 4.78 is 33.0. The third kappa shape index (κ3) is 3.04. The Labute approximate surface area is 122 Å². The van der Waals surface area contributed by atoms with Gasteiger partial charge in [0.25, 0.3) is 0 Å². The van der Waals surface area contributed by atoms with E-state index in [2.05, 4.69) is 22.6 Å². The zero-order valence-electron chi connectivity index (χ0n) is 10.3. The molecule has 0 unspecified atom stereocenters. The minimum Gasteiger partial charge on any atom is -0.373 e. The van der Waals surface area contributed by atoms with Crippen molar-refractivity contribution in [3.05, 3.63) is 27.8 Å². The fourth-order valence-electron chi connectivity index (χ4n) is 2.08. The molecule has 0 N–H and O–H groups in total. The largest absolute Gasteiger partial charge is 0.373 e. The van der Waals surface area contributed by atoms with Gasteiger partial charge in [0.1, 0.15) is 0 Å².